The van der Waals surface area contributed by atoms with Crippen LogP contribution < -0.4 is 14.4 Å². The number of hydrogen-bond donors (Lipinski definition) is 1. The molecule has 0 saturated carbocycles. The van der Waals surface area contributed by atoms with Crippen LogP contribution in [-0.2, 0) is 16.6 Å². The third-order valence-corrected chi connectivity index (χ3v) is 8.16. The molecule has 1 N–H and O–H groups in total. The highest BCUT2D eigenvalue weighted by Crippen LogP contribution is 2.34. The molecule has 178 valence electrons. The van der Waals surface area contributed by atoms with Gasteiger partial charge in [-0.2, -0.15) is 0 Å². The number of halogens is 2. The third-order valence-electron chi connectivity index (χ3n) is 5.18. The van der Waals surface area contributed by atoms with Crippen LogP contribution in [0.5, 0.6) is 5.75 Å². The van der Waals surface area contributed by atoms with Crippen LogP contribution in [-0.4, -0.2) is 27.1 Å². The first kappa shape index (κ1) is 25.3. The molecule has 0 bridgehead atoms. The Morgan fingerprint density at radius 3 is 2.67 bits per heavy atom. The number of thiazole rings is 1. The Kier molecular flexibility index (Phi) is 8.56. The Morgan fingerprint density at radius 1 is 1.24 bits per heavy atom. The van der Waals surface area contributed by atoms with Gasteiger partial charge in [-0.3, -0.25) is 0 Å². The maximum atomic E-state index is 15.1. The average molecular weight is 512 g/mol. The molecule has 0 amide bonds. The zero-order chi connectivity index (χ0) is 24.0. The van der Waals surface area contributed by atoms with E-state index in [1.807, 2.05) is 13.0 Å². The molecule has 0 aliphatic rings. The Balaban J connectivity index is 1.96. The molecule has 3 aromatic rings. The summed E-state index contributed by atoms with van der Waals surface area (Å²) in [5.41, 5.74) is 1.96. The molecule has 1 heterocycles. The summed E-state index contributed by atoms with van der Waals surface area (Å²) in [5, 5.41) is 5.13. The van der Waals surface area contributed by atoms with Crippen molar-refractivity contribution in [2.45, 2.75) is 44.6 Å². The minimum Gasteiger partial charge on any atom is -0.497 e. The average Bonchev–Trinajstić information content (AvgIpc) is 3.31. The Morgan fingerprint density at radius 2 is 2.03 bits per heavy atom. The minimum atomic E-state index is -4.29. The van der Waals surface area contributed by atoms with Gasteiger partial charge in [0, 0.05) is 18.1 Å². The van der Waals surface area contributed by atoms with E-state index in [0.717, 1.165) is 58.2 Å². The van der Waals surface area contributed by atoms with Crippen molar-refractivity contribution in [1.82, 2.24) is 4.98 Å². The fourth-order valence-corrected chi connectivity index (χ4v) is 5.94. The summed E-state index contributed by atoms with van der Waals surface area (Å²) in [4.78, 5) is 3.68. The monoisotopic (exact) mass is 511 g/mol. The van der Waals surface area contributed by atoms with Crippen LogP contribution in [0.15, 0.2) is 46.8 Å². The van der Waals surface area contributed by atoms with E-state index in [9.17, 15) is 8.42 Å². The van der Waals surface area contributed by atoms with Crippen molar-refractivity contribution in [2.75, 3.05) is 23.3 Å². The highest BCUT2D eigenvalue weighted by Gasteiger charge is 2.31. The van der Waals surface area contributed by atoms with E-state index in [1.54, 1.807) is 24.6 Å². The van der Waals surface area contributed by atoms with Gasteiger partial charge in [0.05, 0.1) is 24.4 Å². The van der Waals surface area contributed by atoms with Crippen molar-refractivity contribution in [3.8, 4) is 5.75 Å². The number of methoxy groups -OCH3 is 1. The molecule has 0 atom stereocenters. The summed E-state index contributed by atoms with van der Waals surface area (Å²) >= 11 is 7.49. The SMILES string of the molecule is CCCCCNc1cc(F)c(S(=O)(=O)N(Cc2ccc(OC)cc2C)c2nccs2)cc1Cl. The number of aryl methyl sites for hydroxylation is 1. The second kappa shape index (κ2) is 11.2. The van der Waals surface area contributed by atoms with E-state index in [1.165, 1.54) is 6.20 Å². The molecular weight excluding hydrogens is 485 g/mol. The topological polar surface area (TPSA) is 71.5 Å². The summed E-state index contributed by atoms with van der Waals surface area (Å²) in [5.74, 6) is -0.204. The summed E-state index contributed by atoms with van der Waals surface area (Å²) in [6.07, 6.45) is 4.51. The summed E-state index contributed by atoms with van der Waals surface area (Å²) in [6, 6.07) is 7.66. The van der Waals surface area contributed by atoms with E-state index < -0.39 is 20.7 Å². The summed E-state index contributed by atoms with van der Waals surface area (Å²) in [6.45, 7) is 4.57. The van der Waals surface area contributed by atoms with Crippen LogP contribution in [0.2, 0.25) is 5.02 Å². The fraction of sp³-hybridized carbons (Fsp3) is 0.348. The number of aromatic nitrogens is 1. The van der Waals surface area contributed by atoms with Crippen LogP contribution in [0.25, 0.3) is 0 Å². The predicted octanol–water partition coefficient (Wildman–Crippen LogP) is 6.25. The first-order chi connectivity index (χ1) is 15.8. The van der Waals surface area contributed by atoms with E-state index in [2.05, 4.69) is 17.2 Å². The van der Waals surface area contributed by atoms with Crippen molar-refractivity contribution in [2.24, 2.45) is 0 Å². The molecule has 0 radical (unpaired) electrons. The molecular formula is C23H27ClFN3O3S2. The molecule has 10 heteroatoms. The molecule has 33 heavy (non-hydrogen) atoms. The molecule has 0 unspecified atom stereocenters. The number of hydrogen-bond acceptors (Lipinski definition) is 6. The number of benzene rings is 2. The number of rotatable bonds is 11. The molecule has 0 fully saturated rings. The second-order valence-electron chi connectivity index (χ2n) is 7.52. The number of unbranched alkanes of at least 4 members (excludes halogenated alkanes) is 2. The number of nitrogens with one attached hydrogen (secondary N) is 1. The lowest BCUT2D eigenvalue weighted by molar-refractivity contribution is 0.414. The zero-order valence-electron chi connectivity index (χ0n) is 18.8. The van der Waals surface area contributed by atoms with Gasteiger partial charge in [0.25, 0.3) is 10.0 Å². The van der Waals surface area contributed by atoms with Crippen LogP contribution in [0.3, 0.4) is 0 Å². The molecule has 6 nitrogen and oxygen atoms in total. The van der Waals surface area contributed by atoms with Gasteiger partial charge in [0.15, 0.2) is 5.13 Å². The Labute approximate surface area is 203 Å². The van der Waals surface area contributed by atoms with Gasteiger partial charge >= 0.3 is 0 Å². The largest absolute Gasteiger partial charge is 0.497 e. The minimum absolute atomic E-state index is 0.0141. The Hall–Kier alpha value is -2.36. The van der Waals surface area contributed by atoms with Crippen molar-refractivity contribution in [1.29, 1.82) is 0 Å². The molecule has 1 aromatic heterocycles. The highest BCUT2D eigenvalue weighted by molar-refractivity contribution is 7.93. The lowest BCUT2D eigenvalue weighted by atomic mass is 10.1. The summed E-state index contributed by atoms with van der Waals surface area (Å²) < 4.78 is 48.6. The van der Waals surface area contributed by atoms with Crippen LogP contribution in [0.1, 0.15) is 37.3 Å². The number of nitrogens with zero attached hydrogens (tertiary/aromatic N) is 2. The molecule has 0 aliphatic carbocycles. The second-order valence-corrected chi connectivity index (χ2v) is 10.6. The van der Waals surface area contributed by atoms with Gasteiger partial charge in [0.1, 0.15) is 16.5 Å². The molecule has 0 aliphatic heterocycles. The van der Waals surface area contributed by atoms with Gasteiger partial charge in [-0.15, -0.1) is 11.3 Å². The molecule has 3 rings (SSSR count). The van der Waals surface area contributed by atoms with Gasteiger partial charge in [0.2, 0.25) is 0 Å². The van der Waals surface area contributed by atoms with Gasteiger partial charge < -0.3 is 10.1 Å². The molecule has 0 saturated heterocycles. The zero-order valence-corrected chi connectivity index (χ0v) is 21.2. The maximum absolute atomic E-state index is 15.1. The van der Waals surface area contributed by atoms with Gasteiger partial charge in [-0.05, 0) is 48.7 Å². The lowest BCUT2D eigenvalue weighted by Crippen LogP contribution is -2.31. The number of sulfonamides is 1. The van der Waals surface area contributed by atoms with Crippen molar-refractivity contribution < 1.29 is 17.5 Å². The van der Waals surface area contributed by atoms with E-state index in [-0.39, 0.29) is 16.7 Å². The smallest absolute Gasteiger partial charge is 0.269 e. The predicted molar refractivity (Wildman–Crippen MR) is 133 cm³/mol. The van der Waals surface area contributed by atoms with Crippen LogP contribution >= 0.6 is 22.9 Å². The standard InChI is InChI=1S/C23H27ClFN3O3S2/c1-4-5-6-9-26-21-14-20(25)22(13-19(21)24)33(29,30)28(23-27-10-11-32-23)15-17-7-8-18(31-3)12-16(17)2/h7-8,10-14,26H,4-6,9,15H2,1-3H3. The first-order valence-corrected chi connectivity index (χ1v) is 13.3. The van der Waals surface area contributed by atoms with E-state index >= 15 is 4.39 Å². The fourth-order valence-electron chi connectivity index (χ4n) is 3.30. The van der Waals surface area contributed by atoms with Crippen LogP contribution in [0, 0.1) is 12.7 Å². The highest BCUT2D eigenvalue weighted by atomic mass is 35.5. The molecule has 2 aromatic carbocycles. The van der Waals surface area contributed by atoms with Gasteiger partial charge in [-0.1, -0.05) is 37.4 Å². The van der Waals surface area contributed by atoms with E-state index in [0.29, 0.717) is 18.0 Å². The number of ether oxygens (including phenoxy) is 1. The van der Waals surface area contributed by atoms with Crippen molar-refractivity contribution >= 4 is 43.8 Å². The van der Waals surface area contributed by atoms with Crippen LogP contribution in [0.4, 0.5) is 15.2 Å². The number of anilines is 2. The third kappa shape index (κ3) is 5.96. The first-order valence-electron chi connectivity index (χ1n) is 10.6. The van der Waals surface area contributed by atoms with Crippen molar-refractivity contribution in [3.63, 3.8) is 0 Å². The quantitative estimate of drug-likeness (QED) is 0.308. The van der Waals surface area contributed by atoms with Gasteiger partial charge in [-0.25, -0.2) is 22.1 Å². The lowest BCUT2D eigenvalue weighted by Gasteiger charge is -2.23. The summed E-state index contributed by atoms with van der Waals surface area (Å²) in [7, 11) is -2.73. The maximum Gasteiger partial charge on any atom is 0.269 e. The normalized spacial score (nSPS) is 11.4. The van der Waals surface area contributed by atoms with E-state index in [4.69, 9.17) is 16.3 Å². The Bertz CT molecular complexity index is 1190. The molecule has 0 spiro atoms. The van der Waals surface area contributed by atoms with Crippen molar-refractivity contribution in [3.05, 3.63) is 63.9 Å².